The van der Waals surface area contributed by atoms with Crippen LogP contribution in [0, 0.1) is 0 Å². The molecule has 1 N–H and O–H groups in total. The summed E-state index contributed by atoms with van der Waals surface area (Å²) >= 11 is 0. The summed E-state index contributed by atoms with van der Waals surface area (Å²) in [5.74, 6) is 0.333. The SMILES string of the molecule is C/C=C\C=C(/CC)CCN(CC)Cc1ccc(O)cc1. The first-order chi connectivity index (χ1) is 9.69. The van der Waals surface area contributed by atoms with Crippen molar-refractivity contribution in [1.29, 1.82) is 0 Å². The minimum atomic E-state index is 0.333. The molecule has 0 bridgehead atoms. The molecule has 110 valence electrons. The van der Waals surface area contributed by atoms with Crippen LogP contribution >= 0.6 is 0 Å². The summed E-state index contributed by atoms with van der Waals surface area (Å²) in [4.78, 5) is 2.44. The van der Waals surface area contributed by atoms with Crippen LogP contribution in [0.4, 0.5) is 0 Å². The molecule has 0 atom stereocenters. The van der Waals surface area contributed by atoms with Gasteiger partial charge in [-0.1, -0.05) is 49.8 Å². The Bertz CT molecular complexity index is 431. The van der Waals surface area contributed by atoms with Gasteiger partial charge in [-0.3, -0.25) is 4.90 Å². The van der Waals surface area contributed by atoms with E-state index in [9.17, 15) is 5.11 Å². The zero-order valence-corrected chi connectivity index (χ0v) is 13.0. The second-order valence-electron chi connectivity index (χ2n) is 4.99. The van der Waals surface area contributed by atoms with Crippen molar-refractivity contribution >= 4 is 0 Å². The lowest BCUT2D eigenvalue weighted by atomic mass is 10.1. The molecule has 0 aliphatic carbocycles. The molecule has 1 aromatic rings. The lowest BCUT2D eigenvalue weighted by Gasteiger charge is -2.21. The molecule has 0 aromatic heterocycles. The third-order valence-electron chi connectivity index (χ3n) is 3.52. The average Bonchev–Trinajstić information content (AvgIpc) is 2.48. The molecule has 2 heteroatoms. The summed E-state index contributed by atoms with van der Waals surface area (Å²) < 4.78 is 0. The Hall–Kier alpha value is -1.54. The predicted octanol–water partition coefficient (Wildman–Crippen LogP) is 4.52. The minimum absolute atomic E-state index is 0.333. The number of phenols is 1. The van der Waals surface area contributed by atoms with Crippen LogP contribution in [-0.4, -0.2) is 23.1 Å². The summed E-state index contributed by atoms with van der Waals surface area (Å²) in [7, 11) is 0. The Kier molecular flexibility index (Phi) is 7.74. The highest BCUT2D eigenvalue weighted by Gasteiger charge is 2.05. The molecule has 1 aromatic carbocycles. The van der Waals surface area contributed by atoms with Gasteiger partial charge in [-0.2, -0.15) is 0 Å². The fourth-order valence-electron chi connectivity index (χ4n) is 2.12. The van der Waals surface area contributed by atoms with Crippen molar-refractivity contribution in [3.05, 3.63) is 53.6 Å². The van der Waals surface area contributed by atoms with Gasteiger partial charge in [-0.25, -0.2) is 0 Å². The molecule has 0 saturated heterocycles. The van der Waals surface area contributed by atoms with E-state index in [1.165, 1.54) is 11.1 Å². The fourth-order valence-corrected chi connectivity index (χ4v) is 2.12. The standard InChI is InChI=1S/C18H27NO/c1-4-7-8-16(5-2)13-14-19(6-3)15-17-9-11-18(20)12-10-17/h4,7-12,20H,5-6,13-15H2,1-3H3/b7-4-,16-8+. The number of phenolic OH excluding ortho intramolecular Hbond substituents is 1. The van der Waals surface area contributed by atoms with Crippen molar-refractivity contribution in [3.8, 4) is 5.75 Å². The number of hydrogen-bond acceptors (Lipinski definition) is 2. The molecular formula is C18H27NO. The summed E-state index contributed by atoms with van der Waals surface area (Å²) in [5, 5.41) is 9.31. The highest BCUT2D eigenvalue weighted by molar-refractivity contribution is 5.25. The van der Waals surface area contributed by atoms with Gasteiger partial charge >= 0.3 is 0 Å². The largest absolute Gasteiger partial charge is 0.508 e. The van der Waals surface area contributed by atoms with Crippen molar-refractivity contribution in [3.63, 3.8) is 0 Å². The van der Waals surface area contributed by atoms with Gasteiger partial charge in [-0.15, -0.1) is 0 Å². The van der Waals surface area contributed by atoms with Crippen molar-refractivity contribution in [1.82, 2.24) is 4.90 Å². The molecule has 2 nitrogen and oxygen atoms in total. The minimum Gasteiger partial charge on any atom is -0.508 e. The quantitative estimate of drug-likeness (QED) is 0.704. The van der Waals surface area contributed by atoms with Crippen molar-refractivity contribution < 1.29 is 5.11 Å². The molecule has 0 fully saturated rings. The lowest BCUT2D eigenvalue weighted by Crippen LogP contribution is -2.24. The van der Waals surface area contributed by atoms with Gasteiger partial charge in [0.25, 0.3) is 0 Å². The van der Waals surface area contributed by atoms with E-state index in [1.54, 1.807) is 12.1 Å². The second-order valence-corrected chi connectivity index (χ2v) is 4.99. The van der Waals surface area contributed by atoms with Gasteiger partial charge in [0.1, 0.15) is 5.75 Å². The highest BCUT2D eigenvalue weighted by Crippen LogP contribution is 2.13. The molecular weight excluding hydrogens is 246 g/mol. The smallest absolute Gasteiger partial charge is 0.115 e. The Morgan fingerprint density at radius 3 is 2.45 bits per heavy atom. The fraction of sp³-hybridized carbons (Fsp3) is 0.444. The predicted molar refractivity (Wildman–Crippen MR) is 86.9 cm³/mol. The van der Waals surface area contributed by atoms with E-state index in [1.807, 2.05) is 19.1 Å². The van der Waals surface area contributed by atoms with Crippen LogP contribution in [-0.2, 0) is 6.54 Å². The zero-order valence-electron chi connectivity index (χ0n) is 13.0. The van der Waals surface area contributed by atoms with Crippen molar-refractivity contribution in [2.45, 2.75) is 40.2 Å². The molecule has 0 unspecified atom stereocenters. The van der Waals surface area contributed by atoms with Gasteiger partial charge in [0.2, 0.25) is 0 Å². The number of hydrogen-bond donors (Lipinski definition) is 1. The number of benzene rings is 1. The topological polar surface area (TPSA) is 23.5 Å². The van der Waals surface area contributed by atoms with Crippen molar-refractivity contribution in [2.75, 3.05) is 13.1 Å². The Balaban J connectivity index is 2.52. The first kappa shape index (κ1) is 16.5. The summed E-state index contributed by atoms with van der Waals surface area (Å²) in [6.45, 7) is 9.52. The van der Waals surface area contributed by atoms with Gasteiger partial charge in [-0.05, 0) is 44.0 Å². The maximum absolute atomic E-state index is 9.31. The van der Waals surface area contributed by atoms with E-state index in [2.05, 4.69) is 37.0 Å². The van der Waals surface area contributed by atoms with Crippen LogP contribution in [0.2, 0.25) is 0 Å². The Morgan fingerprint density at radius 2 is 1.90 bits per heavy atom. The van der Waals surface area contributed by atoms with Crippen LogP contribution in [0.3, 0.4) is 0 Å². The first-order valence-electron chi connectivity index (χ1n) is 7.50. The monoisotopic (exact) mass is 273 g/mol. The van der Waals surface area contributed by atoms with E-state index in [4.69, 9.17) is 0 Å². The maximum Gasteiger partial charge on any atom is 0.115 e. The lowest BCUT2D eigenvalue weighted by molar-refractivity contribution is 0.282. The summed E-state index contributed by atoms with van der Waals surface area (Å²) in [6.07, 6.45) is 8.65. The summed E-state index contributed by atoms with van der Waals surface area (Å²) in [6, 6.07) is 7.50. The molecule has 20 heavy (non-hydrogen) atoms. The van der Waals surface area contributed by atoms with Gasteiger partial charge in [0.15, 0.2) is 0 Å². The maximum atomic E-state index is 9.31. The van der Waals surface area contributed by atoms with Crippen LogP contribution in [0.25, 0.3) is 0 Å². The molecule has 0 saturated carbocycles. The third kappa shape index (κ3) is 6.07. The Morgan fingerprint density at radius 1 is 1.20 bits per heavy atom. The molecule has 0 aliphatic heterocycles. The second kappa shape index (κ2) is 9.38. The third-order valence-corrected chi connectivity index (χ3v) is 3.52. The van der Waals surface area contributed by atoms with Gasteiger partial charge in [0.05, 0.1) is 0 Å². The molecule has 0 heterocycles. The van der Waals surface area contributed by atoms with E-state index in [0.717, 1.165) is 32.5 Å². The molecule has 0 spiro atoms. The van der Waals surface area contributed by atoms with Crippen molar-refractivity contribution in [2.24, 2.45) is 0 Å². The van der Waals surface area contributed by atoms with E-state index >= 15 is 0 Å². The van der Waals surface area contributed by atoms with Crippen LogP contribution in [0.1, 0.15) is 39.2 Å². The number of aromatic hydroxyl groups is 1. The van der Waals surface area contributed by atoms with Gasteiger partial charge < -0.3 is 5.11 Å². The zero-order chi connectivity index (χ0) is 14.8. The highest BCUT2D eigenvalue weighted by atomic mass is 16.3. The molecule has 0 amide bonds. The van der Waals surface area contributed by atoms with E-state index in [-0.39, 0.29) is 0 Å². The van der Waals surface area contributed by atoms with E-state index < -0.39 is 0 Å². The molecule has 0 radical (unpaired) electrons. The summed E-state index contributed by atoms with van der Waals surface area (Å²) in [5.41, 5.74) is 2.74. The average molecular weight is 273 g/mol. The van der Waals surface area contributed by atoms with Crippen LogP contribution < -0.4 is 0 Å². The normalized spacial score (nSPS) is 12.5. The number of rotatable bonds is 8. The molecule has 1 rings (SSSR count). The number of nitrogens with zero attached hydrogens (tertiary/aromatic N) is 1. The first-order valence-corrected chi connectivity index (χ1v) is 7.50. The van der Waals surface area contributed by atoms with Crippen LogP contribution in [0.5, 0.6) is 5.75 Å². The Labute approximate surface area is 123 Å². The molecule has 0 aliphatic rings. The number of allylic oxidation sites excluding steroid dienone is 3. The van der Waals surface area contributed by atoms with Gasteiger partial charge in [0, 0.05) is 13.1 Å². The van der Waals surface area contributed by atoms with Crippen LogP contribution in [0.15, 0.2) is 48.1 Å². The van der Waals surface area contributed by atoms with E-state index in [0.29, 0.717) is 5.75 Å².